The smallest absolute Gasteiger partial charge is 0.0267 e. The quantitative estimate of drug-likeness (QED) is 0.565. The van der Waals surface area contributed by atoms with E-state index in [1.165, 1.54) is 4.88 Å². The van der Waals surface area contributed by atoms with Gasteiger partial charge in [0.05, 0.1) is 0 Å². The molecule has 1 unspecified atom stereocenters. The monoisotopic (exact) mass is 264 g/mol. The molecular formula is C8H9IS. The first kappa shape index (κ1) is 8.27. The molecule has 0 nitrogen and oxygen atoms in total. The highest BCUT2D eigenvalue weighted by Crippen LogP contribution is 2.12. The molecule has 0 aromatic carbocycles. The standard InChI is InChI=1S/C8H9IS/c1-7(9)4-5-8-3-2-6-10-8/h2-7H,1H3/b5-4+. The van der Waals surface area contributed by atoms with Crippen LogP contribution in [0.3, 0.4) is 0 Å². The molecule has 1 aromatic heterocycles. The van der Waals surface area contributed by atoms with Crippen LogP contribution in [0.2, 0.25) is 0 Å². The van der Waals surface area contributed by atoms with E-state index >= 15 is 0 Å². The number of halogens is 1. The first-order valence-corrected chi connectivity index (χ1v) is 5.27. The molecule has 1 heterocycles. The van der Waals surface area contributed by atoms with Gasteiger partial charge in [-0.25, -0.2) is 0 Å². The van der Waals surface area contributed by atoms with Crippen molar-refractivity contribution in [1.29, 1.82) is 0 Å². The minimum Gasteiger partial charge on any atom is -0.144 e. The van der Waals surface area contributed by atoms with Crippen molar-refractivity contribution >= 4 is 40.0 Å². The van der Waals surface area contributed by atoms with Crippen LogP contribution in [0.4, 0.5) is 0 Å². The molecule has 1 aromatic rings. The van der Waals surface area contributed by atoms with Gasteiger partial charge in [-0.05, 0) is 24.4 Å². The zero-order chi connectivity index (χ0) is 7.40. The summed E-state index contributed by atoms with van der Waals surface area (Å²) in [7, 11) is 0. The molecule has 10 heavy (non-hydrogen) atoms. The van der Waals surface area contributed by atoms with Crippen molar-refractivity contribution in [3.05, 3.63) is 28.5 Å². The summed E-state index contributed by atoms with van der Waals surface area (Å²) in [6, 6.07) is 4.20. The van der Waals surface area contributed by atoms with Crippen LogP contribution in [0, 0.1) is 0 Å². The Labute approximate surface area is 79.1 Å². The fourth-order valence-electron chi connectivity index (χ4n) is 0.614. The molecule has 0 saturated heterocycles. The van der Waals surface area contributed by atoms with E-state index in [0.29, 0.717) is 3.92 Å². The molecule has 0 N–H and O–H groups in total. The van der Waals surface area contributed by atoms with Crippen LogP contribution < -0.4 is 0 Å². The third-order valence-corrected chi connectivity index (χ3v) is 2.32. The highest BCUT2D eigenvalue weighted by Gasteiger charge is 1.87. The van der Waals surface area contributed by atoms with E-state index in [9.17, 15) is 0 Å². The van der Waals surface area contributed by atoms with Crippen LogP contribution in [0.25, 0.3) is 6.08 Å². The van der Waals surface area contributed by atoms with Gasteiger partial charge in [0, 0.05) is 8.80 Å². The maximum atomic E-state index is 2.39. The second kappa shape index (κ2) is 4.13. The Morgan fingerprint density at radius 3 is 3.00 bits per heavy atom. The van der Waals surface area contributed by atoms with Gasteiger partial charge < -0.3 is 0 Å². The molecule has 0 amide bonds. The Balaban J connectivity index is 2.55. The maximum Gasteiger partial charge on any atom is 0.0267 e. The van der Waals surface area contributed by atoms with Crippen molar-refractivity contribution in [3.8, 4) is 0 Å². The number of hydrogen-bond donors (Lipinski definition) is 0. The van der Waals surface area contributed by atoms with Gasteiger partial charge in [-0.3, -0.25) is 0 Å². The van der Waals surface area contributed by atoms with E-state index in [2.05, 4.69) is 59.2 Å². The zero-order valence-corrected chi connectivity index (χ0v) is 8.72. The van der Waals surface area contributed by atoms with Crippen molar-refractivity contribution in [3.63, 3.8) is 0 Å². The second-order valence-corrected chi connectivity index (χ2v) is 5.00. The van der Waals surface area contributed by atoms with Crippen molar-refractivity contribution in [2.24, 2.45) is 0 Å². The number of allylic oxidation sites excluding steroid dienone is 1. The Bertz CT molecular complexity index is 199. The minimum absolute atomic E-state index is 0.625. The van der Waals surface area contributed by atoms with Crippen LogP contribution in [0.1, 0.15) is 11.8 Å². The van der Waals surface area contributed by atoms with Gasteiger partial charge >= 0.3 is 0 Å². The molecule has 0 aliphatic heterocycles. The lowest BCUT2D eigenvalue weighted by Gasteiger charge is -1.88. The van der Waals surface area contributed by atoms with Crippen LogP contribution in [-0.2, 0) is 0 Å². The second-order valence-electron chi connectivity index (χ2n) is 2.05. The molecule has 2 heteroatoms. The Hall–Kier alpha value is 0.170. The van der Waals surface area contributed by atoms with Crippen LogP contribution in [-0.4, -0.2) is 3.92 Å². The highest BCUT2D eigenvalue weighted by atomic mass is 127. The number of thiophene rings is 1. The van der Waals surface area contributed by atoms with Crippen molar-refractivity contribution in [1.82, 2.24) is 0 Å². The molecule has 0 fully saturated rings. The lowest BCUT2D eigenvalue weighted by molar-refractivity contribution is 1.31. The van der Waals surface area contributed by atoms with Gasteiger partial charge in [-0.1, -0.05) is 34.7 Å². The summed E-state index contributed by atoms with van der Waals surface area (Å²) in [6.45, 7) is 2.17. The molecule has 0 radical (unpaired) electrons. The van der Waals surface area contributed by atoms with Crippen molar-refractivity contribution < 1.29 is 0 Å². The SMILES string of the molecule is CC(I)/C=C/c1cccs1. The van der Waals surface area contributed by atoms with Crippen LogP contribution >= 0.6 is 33.9 Å². The van der Waals surface area contributed by atoms with E-state index in [0.717, 1.165) is 0 Å². The molecular weight excluding hydrogens is 255 g/mol. The summed E-state index contributed by atoms with van der Waals surface area (Å²) >= 11 is 4.16. The minimum atomic E-state index is 0.625. The summed E-state index contributed by atoms with van der Waals surface area (Å²) in [5.41, 5.74) is 0. The molecule has 1 atom stereocenters. The summed E-state index contributed by atoms with van der Waals surface area (Å²) in [5, 5.41) is 2.09. The van der Waals surface area contributed by atoms with Crippen molar-refractivity contribution in [2.45, 2.75) is 10.8 Å². The third-order valence-electron chi connectivity index (χ3n) is 1.07. The van der Waals surface area contributed by atoms with E-state index in [-0.39, 0.29) is 0 Å². The van der Waals surface area contributed by atoms with Gasteiger partial charge in [-0.2, -0.15) is 0 Å². The van der Waals surface area contributed by atoms with Gasteiger partial charge in [0.2, 0.25) is 0 Å². The molecule has 0 saturated carbocycles. The lowest BCUT2D eigenvalue weighted by atomic mass is 10.4. The van der Waals surface area contributed by atoms with E-state index in [4.69, 9.17) is 0 Å². The van der Waals surface area contributed by atoms with Gasteiger partial charge in [-0.15, -0.1) is 11.3 Å². The molecule has 0 aliphatic carbocycles. The molecule has 54 valence electrons. The van der Waals surface area contributed by atoms with Crippen LogP contribution in [0.15, 0.2) is 23.6 Å². The summed E-state index contributed by atoms with van der Waals surface area (Å²) < 4.78 is 0.625. The fraction of sp³-hybridized carbons (Fsp3) is 0.250. The first-order chi connectivity index (χ1) is 4.79. The number of alkyl halides is 1. The Morgan fingerprint density at radius 1 is 1.70 bits per heavy atom. The number of hydrogen-bond acceptors (Lipinski definition) is 1. The van der Waals surface area contributed by atoms with Crippen molar-refractivity contribution in [2.75, 3.05) is 0 Å². The van der Waals surface area contributed by atoms with E-state index < -0.39 is 0 Å². The van der Waals surface area contributed by atoms with Gasteiger partial charge in [0.25, 0.3) is 0 Å². The summed E-state index contributed by atoms with van der Waals surface area (Å²) in [4.78, 5) is 1.34. The largest absolute Gasteiger partial charge is 0.144 e. The fourth-order valence-corrected chi connectivity index (χ4v) is 1.45. The summed E-state index contributed by atoms with van der Waals surface area (Å²) in [5.74, 6) is 0. The molecule has 0 aliphatic rings. The van der Waals surface area contributed by atoms with Gasteiger partial charge in [0.15, 0.2) is 0 Å². The third kappa shape index (κ3) is 2.84. The van der Waals surface area contributed by atoms with Gasteiger partial charge in [0.1, 0.15) is 0 Å². The van der Waals surface area contributed by atoms with Crippen LogP contribution in [0.5, 0.6) is 0 Å². The lowest BCUT2D eigenvalue weighted by Crippen LogP contribution is -1.77. The average Bonchev–Trinajstić information content (AvgIpc) is 2.34. The molecule has 0 bridgehead atoms. The van der Waals surface area contributed by atoms with E-state index in [1.54, 1.807) is 11.3 Å². The predicted octanol–water partition coefficient (Wildman–Crippen LogP) is 3.58. The predicted molar refractivity (Wildman–Crippen MR) is 56.8 cm³/mol. The zero-order valence-electron chi connectivity index (χ0n) is 5.75. The topological polar surface area (TPSA) is 0 Å². The Morgan fingerprint density at radius 2 is 2.50 bits per heavy atom. The number of rotatable bonds is 2. The molecule has 0 spiro atoms. The maximum absolute atomic E-state index is 2.39. The Kier molecular flexibility index (Phi) is 3.42. The van der Waals surface area contributed by atoms with E-state index in [1.807, 2.05) is 0 Å². The highest BCUT2D eigenvalue weighted by molar-refractivity contribution is 14.1. The normalized spacial score (nSPS) is 14.2. The average molecular weight is 264 g/mol. The summed E-state index contributed by atoms with van der Waals surface area (Å²) in [6.07, 6.45) is 4.37. The molecule has 1 rings (SSSR count). The first-order valence-electron chi connectivity index (χ1n) is 3.15.